The van der Waals surface area contributed by atoms with Gasteiger partial charge in [0.1, 0.15) is 11.6 Å². The minimum Gasteiger partial charge on any atom is -0.311 e. The Labute approximate surface area is 128 Å². The predicted molar refractivity (Wildman–Crippen MR) is 82.6 cm³/mol. The molecule has 1 N–H and O–H groups in total. The Bertz CT molecular complexity index is 582. The van der Waals surface area contributed by atoms with E-state index in [1.54, 1.807) is 11.3 Å². The summed E-state index contributed by atoms with van der Waals surface area (Å²) in [6, 6.07) is 3.63. The highest BCUT2D eigenvalue weighted by molar-refractivity contribution is 7.11. The topological polar surface area (TPSA) is 24.9 Å². The first kappa shape index (κ1) is 16.0. The van der Waals surface area contributed by atoms with E-state index in [2.05, 4.69) is 31.1 Å². The first-order valence-corrected chi connectivity index (χ1v) is 7.77. The van der Waals surface area contributed by atoms with Gasteiger partial charge in [0, 0.05) is 29.1 Å². The van der Waals surface area contributed by atoms with Crippen molar-refractivity contribution in [2.45, 2.75) is 39.2 Å². The maximum atomic E-state index is 13.0. The van der Waals surface area contributed by atoms with Crippen molar-refractivity contribution in [2.24, 2.45) is 0 Å². The minimum absolute atomic E-state index is 0.0714. The third kappa shape index (κ3) is 4.86. The summed E-state index contributed by atoms with van der Waals surface area (Å²) in [7, 11) is 0. The standard InChI is InChI=1S/C16H20F2N2S/c1-16(2,3)15-20-10-14(21-15)9-19-5-4-11-6-12(17)8-13(18)7-11/h6-8,10,19H,4-5,9H2,1-3H3. The summed E-state index contributed by atoms with van der Waals surface area (Å²) in [6.07, 6.45) is 2.49. The highest BCUT2D eigenvalue weighted by Gasteiger charge is 2.17. The van der Waals surface area contributed by atoms with Gasteiger partial charge < -0.3 is 5.32 Å². The Morgan fingerprint density at radius 2 is 1.81 bits per heavy atom. The average molecular weight is 310 g/mol. The molecule has 0 aliphatic heterocycles. The molecule has 21 heavy (non-hydrogen) atoms. The summed E-state index contributed by atoms with van der Waals surface area (Å²) in [5.41, 5.74) is 0.738. The van der Waals surface area contributed by atoms with Gasteiger partial charge in [0.15, 0.2) is 0 Å². The lowest BCUT2D eigenvalue weighted by atomic mass is 9.98. The molecule has 0 radical (unpaired) electrons. The molecule has 0 fully saturated rings. The number of halogens is 2. The van der Waals surface area contributed by atoms with Gasteiger partial charge in [-0.05, 0) is 30.7 Å². The Kier molecular flexibility index (Phi) is 5.06. The number of nitrogens with one attached hydrogen (secondary N) is 1. The molecule has 0 saturated heterocycles. The lowest BCUT2D eigenvalue weighted by molar-refractivity contribution is 0.577. The summed E-state index contributed by atoms with van der Waals surface area (Å²) in [4.78, 5) is 5.60. The molecule has 1 aromatic heterocycles. The van der Waals surface area contributed by atoms with Crippen LogP contribution >= 0.6 is 11.3 Å². The smallest absolute Gasteiger partial charge is 0.126 e. The Morgan fingerprint density at radius 1 is 1.14 bits per heavy atom. The van der Waals surface area contributed by atoms with E-state index in [-0.39, 0.29) is 5.41 Å². The summed E-state index contributed by atoms with van der Waals surface area (Å²) >= 11 is 1.70. The van der Waals surface area contributed by atoms with Crippen molar-refractivity contribution in [1.82, 2.24) is 10.3 Å². The van der Waals surface area contributed by atoms with Gasteiger partial charge in [-0.1, -0.05) is 20.8 Å². The highest BCUT2D eigenvalue weighted by Crippen LogP contribution is 2.26. The number of hydrogen-bond donors (Lipinski definition) is 1. The second-order valence-electron chi connectivity index (χ2n) is 6.09. The summed E-state index contributed by atoms with van der Waals surface area (Å²) in [5.74, 6) is -1.05. The molecule has 1 heterocycles. The number of benzene rings is 1. The Balaban J connectivity index is 1.81. The minimum atomic E-state index is -0.526. The first-order chi connectivity index (χ1) is 9.84. The van der Waals surface area contributed by atoms with Crippen LogP contribution in [-0.4, -0.2) is 11.5 Å². The van der Waals surface area contributed by atoms with Gasteiger partial charge >= 0.3 is 0 Å². The van der Waals surface area contributed by atoms with Crippen LogP contribution in [0.1, 0.15) is 36.2 Å². The molecule has 2 aromatic rings. The van der Waals surface area contributed by atoms with Crippen LogP contribution in [0, 0.1) is 11.6 Å². The van der Waals surface area contributed by atoms with Crippen LogP contribution in [0.2, 0.25) is 0 Å². The Hall–Kier alpha value is -1.33. The number of rotatable bonds is 5. The van der Waals surface area contributed by atoms with Gasteiger partial charge in [-0.15, -0.1) is 11.3 Å². The maximum Gasteiger partial charge on any atom is 0.126 e. The molecule has 0 aliphatic carbocycles. The molecular weight excluding hydrogens is 290 g/mol. The molecule has 0 aliphatic rings. The molecule has 0 spiro atoms. The van der Waals surface area contributed by atoms with Crippen molar-refractivity contribution in [2.75, 3.05) is 6.54 Å². The third-order valence-electron chi connectivity index (χ3n) is 3.01. The zero-order valence-electron chi connectivity index (χ0n) is 12.5. The molecule has 0 unspecified atom stereocenters. The van der Waals surface area contributed by atoms with Crippen LogP contribution in [0.25, 0.3) is 0 Å². The lowest BCUT2D eigenvalue weighted by Crippen LogP contribution is -2.16. The zero-order valence-corrected chi connectivity index (χ0v) is 13.4. The van der Waals surface area contributed by atoms with E-state index < -0.39 is 11.6 Å². The normalized spacial score (nSPS) is 11.9. The van der Waals surface area contributed by atoms with Crippen molar-refractivity contribution >= 4 is 11.3 Å². The molecule has 0 saturated carbocycles. The van der Waals surface area contributed by atoms with E-state index in [4.69, 9.17) is 0 Å². The van der Waals surface area contributed by atoms with E-state index in [0.717, 1.165) is 17.6 Å². The van der Waals surface area contributed by atoms with Crippen LogP contribution < -0.4 is 5.32 Å². The lowest BCUT2D eigenvalue weighted by Gasteiger charge is -2.13. The SMILES string of the molecule is CC(C)(C)c1ncc(CNCCc2cc(F)cc(F)c2)s1. The number of hydrogen-bond acceptors (Lipinski definition) is 3. The van der Waals surface area contributed by atoms with Crippen LogP contribution in [0.3, 0.4) is 0 Å². The fourth-order valence-electron chi connectivity index (χ4n) is 1.94. The summed E-state index contributed by atoms with van der Waals surface area (Å²) < 4.78 is 26.1. The highest BCUT2D eigenvalue weighted by atomic mass is 32.1. The fraction of sp³-hybridized carbons (Fsp3) is 0.438. The molecule has 0 bridgehead atoms. The van der Waals surface area contributed by atoms with Crippen LogP contribution in [0.4, 0.5) is 8.78 Å². The van der Waals surface area contributed by atoms with E-state index in [1.165, 1.54) is 17.0 Å². The van der Waals surface area contributed by atoms with Gasteiger partial charge in [0.2, 0.25) is 0 Å². The number of thiazole rings is 1. The predicted octanol–water partition coefficient (Wildman–Crippen LogP) is 4.05. The largest absolute Gasteiger partial charge is 0.311 e. The second-order valence-corrected chi connectivity index (χ2v) is 7.20. The molecule has 5 heteroatoms. The van der Waals surface area contributed by atoms with Gasteiger partial charge in [0.05, 0.1) is 5.01 Å². The van der Waals surface area contributed by atoms with Crippen molar-refractivity contribution in [3.63, 3.8) is 0 Å². The van der Waals surface area contributed by atoms with Crippen molar-refractivity contribution < 1.29 is 8.78 Å². The quantitative estimate of drug-likeness (QED) is 0.843. The molecule has 1 aromatic carbocycles. The average Bonchev–Trinajstić information content (AvgIpc) is 2.82. The van der Waals surface area contributed by atoms with Crippen molar-refractivity contribution in [3.8, 4) is 0 Å². The van der Waals surface area contributed by atoms with Crippen LogP contribution in [0.5, 0.6) is 0 Å². The number of nitrogens with zero attached hydrogens (tertiary/aromatic N) is 1. The van der Waals surface area contributed by atoms with Crippen LogP contribution in [0.15, 0.2) is 24.4 Å². The second kappa shape index (κ2) is 6.62. The molecular formula is C16H20F2N2S. The van der Waals surface area contributed by atoms with Gasteiger partial charge in [-0.2, -0.15) is 0 Å². The van der Waals surface area contributed by atoms with Crippen LogP contribution in [-0.2, 0) is 18.4 Å². The Morgan fingerprint density at radius 3 is 2.38 bits per heavy atom. The molecule has 2 rings (SSSR count). The monoisotopic (exact) mass is 310 g/mol. The van der Waals surface area contributed by atoms with E-state index in [0.29, 0.717) is 18.5 Å². The van der Waals surface area contributed by atoms with Gasteiger partial charge in [-0.3, -0.25) is 0 Å². The van der Waals surface area contributed by atoms with E-state index in [9.17, 15) is 8.78 Å². The zero-order chi connectivity index (χ0) is 15.5. The summed E-state index contributed by atoms with van der Waals surface area (Å²) in [5, 5.41) is 4.40. The first-order valence-electron chi connectivity index (χ1n) is 6.95. The van der Waals surface area contributed by atoms with E-state index in [1.807, 2.05) is 6.20 Å². The van der Waals surface area contributed by atoms with Gasteiger partial charge in [0.25, 0.3) is 0 Å². The van der Waals surface area contributed by atoms with Gasteiger partial charge in [-0.25, -0.2) is 13.8 Å². The van der Waals surface area contributed by atoms with Crippen molar-refractivity contribution in [3.05, 3.63) is 51.5 Å². The maximum absolute atomic E-state index is 13.0. The molecule has 0 atom stereocenters. The molecule has 114 valence electrons. The number of aromatic nitrogens is 1. The van der Waals surface area contributed by atoms with Crippen molar-refractivity contribution in [1.29, 1.82) is 0 Å². The fourth-order valence-corrected chi connectivity index (χ4v) is 2.88. The summed E-state index contributed by atoms with van der Waals surface area (Å²) in [6.45, 7) is 7.82. The molecule has 0 amide bonds. The molecule has 2 nitrogen and oxygen atoms in total. The van der Waals surface area contributed by atoms with E-state index >= 15 is 0 Å². The third-order valence-corrected chi connectivity index (χ3v) is 4.43.